The Morgan fingerprint density at radius 1 is 1.48 bits per heavy atom. The van der Waals surface area contributed by atoms with Crippen LogP contribution < -0.4 is 4.72 Å². The van der Waals surface area contributed by atoms with E-state index in [0.29, 0.717) is 13.1 Å². The van der Waals surface area contributed by atoms with Crippen molar-refractivity contribution in [3.05, 3.63) is 22.4 Å². The maximum Gasteiger partial charge on any atom is 0.279 e. The Labute approximate surface area is 132 Å². The molecule has 2 rings (SSSR count). The van der Waals surface area contributed by atoms with Gasteiger partial charge < -0.3 is 4.90 Å². The number of nitrogens with one attached hydrogen (secondary N) is 1. The molecule has 1 fully saturated rings. The van der Waals surface area contributed by atoms with E-state index in [4.69, 9.17) is 0 Å². The Kier molecular flexibility index (Phi) is 5.79. The molecule has 21 heavy (non-hydrogen) atoms. The van der Waals surface area contributed by atoms with Crippen LogP contribution in [0.5, 0.6) is 0 Å². The summed E-state index contributed by atoms with van der Waals surface area (Å²) in [4.78, 5) is 2.05. The van der Waals surface area contributed by atoms with Gasteiger partial charge in [-0.05, 0) is 56.3 Å². The van der Waals surface area contributed by atoms with Gasteiger partial charge in [-0.3, -0.25) is 0 Å². The molecular weight excluding hydrogens is 306 g/mol. The average molecular weight is 332 g/mol. The molecule has 1 saturated heterocycles. The summed E-state index contributed by atoms with van der Waals surface area (Å²) in [6, 6.07) is 2.20. The van der Waals surface area contributed by atoms with Crippen LogP contribution in [-0.4, -0.2) is 50.8 Å². The minimum Gasteiger partial charge on any atom is -0.301 e. The quantitative estimate of drug-likeness (QED) is 0.868. The number of nitrogens with zero attached hydrogens (tertiary/aromatic N) is 2. The molecule has 0 spiro atoms. The molecule has 7 heteroatoms. The highest BCUT2D eigenvalue weighted by Gasteiger charge is 2.30. The standard InChI is InChI=1S/C14H25N3O2S2/c1-12-6-4-5-8-17(12)21(18,19)15-10-14(16(2)3)13-7-9-20-11-13/h7,9,11-12,14-15H,4-6,8,10H2,1-3H3. The number of hydrogen-bond donors (Lipinski definition) is 1. The third-order valence-corrected chi connectivity index (χ3v) is 6.45. The maximum atomic E-state index is 12.5. The number of rotatable bonds is 6. The van der Waals surface area contributed by atoms with Crippen LogP contribution in [0, 0.1) is 0 Å². The van der Waals surface area contributed by atoms with E-state index in [1.165, 1.54) is 0 Å². The van der Waals surface area contributed by atoms with E-state index >= 15 is 0 Å². The van der Waals surface area contributed by atoms with Crippen molar-refractivity contribution in [3.8, 4) is 0 Å². The Balaban J connectivity index is 2.02. The Bertz CT molecular complexity index is 528. The van der Waals surface area contributed by atoms with Gasteiger partial charge in [-0.15, -0.1) is 0 Å². The number of thiophene rings is 1. The van der Waals surface area contributed by atoms with Gasteiger partial charge >= 0.3 is 0 Å². The highest BCUT2D eigenvalue weighted by molar-refractivity contribution is 7.87. The number of hydrogen-bond acceptors (Lipinski definition) is 4. The molecule has 0 aliphatic carbocycles. The van der Waals surface area contributed by atoms with Crippen molar-refractivity contribution in [2.24, 2.45) is 0 Å². The first kappa shape index (κ1) is 16.9. The molecule has 5 nitrogen and oxygen atoms in total. The van der Waals surface area contributed by atoms with Crippen LogP contribution in [0.25, 0.3) is 0 Å². The second kappa shape index (κ2) is 7.19. The van der Waals surface area contributed by atoms with Gasteiger partial charge in [-0.25, -0.2) is 4.72 Å². The molecule has 2 atom stereocenters. The minimum atomic E-state index is -3.39. The molecule has 1 aliphatic rings. The van der Waals surface area contributed by atoms with Crippen LogP contribution >= 0.6 is 11.3 Å². The van der Waals surface area contributed by atoms with Crippen molar-refractivity contribution in [3.63, 3.8) is 0 Å². The van der Waals surface area contributed by atoms with E-state index in [1.807, 2.05) is 37.4 Å². The van der Waals surface area contributed by atoms with E-state index in [2.05, 4.69) is 10.1 Å². The second-order valence-electron chi connectivity index (χ2n) is 5.85. The summed E-state index contributed by atoms with van der Waals surface area (Å²) >= 11 is 1.63. The molecule has 1 aliphatic heterocycles. The normalized spacial score (nSPS) is 22.6. The number of likely N-dealkylation sites (N-methyl/N-ethyl adjacent to an activating group) is 1. The molecule has 1 aromatic rings. The lowest BCUT2D eigenvalue weighted by atomic mass is 10.1. The molecular formula is C14H25N3O2S2. The second-order valence-corrected chi connectivity index (χ2v) is 8.33. The van der Waals surface area contributed by atoms with Crippen LogP contribution in [0.4, 0.5) is 0 Å². The lowest BCUT2D eigenvalue weighted by Gasteiger charge is -2.33. The summed E-state index contributed by atoms with van der Waals surface area (Å²) in [6.07, 6.45) is 3.01. The van der Waals surface area contributed by atoms with Gasteiger partial charge in [0.05, 0.1) is 0 Å². The predicted molar refractivity (Wildman–Crippen MR) is 87.7 cm³/mol. The van der Waals surface area contributed by atoms with Crippen LogP contribution in [0.1, 0.15) is 37.8 Å². The summed E-state index contributed by atoms with van der Waals surface area (Å²) in [5.74, 6) is 0. The lowest BCUT2D eigenvalue weighted by Crippen LogP contribution is -2.49. The van der Waals surface area contributed by atoms with Gasteiger partial charge in [0.1, 0.15) is 0 Å². The molecule has 0 bridgehead atoms. The summed E-state index contributed by atoms with van der Waals surface area (Å²) in [5, 5.41) is 4.09. The minimum absolute atomic E-state index is 0.0612. The molecule has 1 aromatic heterocycles. The van der Waals surface area contributed by atoms with E-state index in [-0.39, 0.29) is 12.1 Å². The van der Waals surface area contributed by atoms with Crippen LogP contribution in [-0.2, 0) is 10.2 Å². The van der Waals surface area contributed by atoms with Crippen molar-refractivity contribution in [1.29, 1.82) is 0 Å². The van der Waals surface area contributed by atoms with E-state index in [9.17, 15) is 8.42 Å². The molecule has 0 radical (unpaired) electrons. The Morgan fingerprint density at radius 2 is 2.24 bits per heavy atom. The fourth-order valence-electron chi connectivity index (χ4n) is 2.76. The molecule has 0 aromatic carbocycles. The average Bonchev–Trinajstić information content (AvgIpc) is 2.92. The maximum absolute atomic E-state index is 12.5. The first-order chi connectivity index (χ1) is 9.92. The van der Waals surface area contributed by atoms with E-state index < -0.39 is 10.2 Å². The van der Waals surface area contributed by atoms with Gasteiger partial charge in [0, 0.05) is 25.2 Å². The zero-order valence-corrected chi connectivity index (χ0v) is 14.6. The topological polar surface area (TPSA) is 52.7 Å². The van der Waals surface area contributed by atoms with Crippen molar-refractivity contribution in [2.75, 3.05) is 27.2 Å². The lowest BCUT2D eigenvalue weighted by molar-refractivity contribution is 0.259. The van der Waals surface area contributed by atoms with E-state index in [0.717, 1.165) is 24.8 Å². The fourth-order valence-corrected chi connectivity index (χ4v) is 4.95. The monoisotopic (exact) mass is 331 g/mol. The molecule has 0 saturated carbocycles. The highest BCUT2D eigenvalue weighted by atomic mass is 32.2. The van der Waals surface area contributed by atoms with E-state index in [1.54, 1.807) is 15.6 Å². The largest absolute Gasteiger partial charge is 0.301 e. The van der Waals surface area contributed by atoms with Gasteiger partial charge in [0.25, 0.3) is 10.2 Å². The highest BCUT2D eigenvalue weighted by Crippen LogP contribution is 2.22. The zero-order chi connectivity index (χ0) is 15.5. The van der Waals surface area contributed by atoms with Crippen molar-refractivity contribution < 1.29 is 8.42 Å². The molecule has 120 valence electrons. The summed E-state index contributed by atoms with van der Waals surface area (Å²) in [7, 11) is 0.553. The third kappa shape index (κ3) is 4.26. The predicted octanol–water partition coefficient (Wildman–Crippen LogP) is 2.06. The molecule has 2 unspecified atom stereocenters. The molecule has 0 amide bonds. The van der Waals surface area contributed by atoms with Crippen LogP contribution in [0.3, 0.4) is 0 Å². The third-order valence-electron chi connectivity index (χ3n) is 4.06. The first-order valence-electron chi connectivity index (χ1n) is 7.37. The summed E-state index contributed by atoms with van der Waals surface area (Å²) in [6.45, 7) is 3.01. The zero-order valence-electron chi connectivity index (χ0n) is 12.9. The summed E-state index contributed by atoms with van der Waals surface area (Å²) < 4.78 is 29.4. The van der Waals surface area contributed by atoms with Crippen molar-refractivity contribution >= 4 is 21.5 Å². The van der Waals surface area contributed by atoms with Gasteiger partial charge in [0.2, 0.25) is 0 Å². The molecule has 2 heterocycles. The Hall–Kier alpha value is -0.470. The van der Waals surface area contributed by atoms with Crippen LogP contribution in [0.15, 0.2) is 16.8 Å². The number of piperidine rings is 1. The van der Waals surface area contributed by atoms with Crippen LogP contribution in [0.2, 0.25) is 0 Å². The van der Waals surface area contributed by atoms with Gasteiger partial charge in [-0.1, -0.05) is 6.42 Å². The smallest absolute Gasteiger partial charge is 0.279 e. The first-order valence-corrected chi connectivity index (χ1v) is 9.75. The SMILES string of the molecule is CC1CCCCN1S(=O)(=O)NCC(c1ccsc1)N(C)C. The fraction of sp³-hybridized carbons (Fsp3) is 0.714. The Morgan fingerprint density at radius 3 is 2.81 bits per heavy atom. The van der Waals surface area contributed by atoms with Gasteiger partial charge in [-0.2, -0.15) is 24.1 Å². The van der Waals surface area contributed by atoms with Crippen molar-refractivity contribution in [1.82, 2.24) is 13.9 Å². The summed E-state index contributed by atoms with van der Waals surface area (Å²) in [5.41, 5.74) is 1.15. The van der Waals surface area contributed by atoms with Crippen molar-refractivity contribution in [2.45, 2.75) is 38.3 Å². The molecule has 1 N–H and O–H groups in total. The van der Waals surface area contributed by atoms with Gasteiger partial charge in [0.15, 0.2) is 0 Å².